The van der Waals surface area contributed by atoms with E-state index in [0.717, 1.165) is 5.56 Å². The summed E-state index contributed by atoms with van der Waals surface area (Å²) in [5.41, 5.74) is 4.70. The third kappa shape index (κ3) is 5.47. The molecule has 1 saturated carbocycles. The zero-order valence-corrected chi connectivity index (χ0v) is 21.0. The number of carbonyl (C=O) groups is 1. The predicted octanol–water partition coefficient (Wildman–Crippen LogP) is 8.18. The highest BCUT2D eigenvalue weighted by Gasteiger charge is 2.16. The van der Waals surface area contributed by atoms with Crippen LogP contribution in [0, 0.1) is 6.92 Å². The quantitative estimate of drug-likeness (QED) is 0.285. The number of nitrogens with one attached hydrogen (secondary N) is 1. The molecule has 0 spiro atoms. The number of halogens is 2. The average Bonchev–Trinajstić information content (AvgIpc) is 3.29. The number of anilines is 1. The van der Waals surface area contributed by atoms with Gasteiger partial charge in [-0.05, 0) is 73.2 Å². The molecule has 1 fully saturated rings. The van der Waals surface area contributed by atoms with Crippen LogP contribution in [-0.2, 0) is 4.79 Å². The molecule has 4 aromatic rings. The first kappa shape index (κ1) is 23.7. The molecule has 35 heavy (non-hydrogen) atoms. The van der Waals surface area contributed by atoms with Crippen molar-refractivity contribution in [1.29, 1.82) is 0 Å². The van der Waals surface area contributed by atoms with E-state index in [-0.39, 0.29) is 12.5 Å². The van der Waals surface area contributed by atoms with Gasteiger partial charge in [0.2, 0.25) is 5.89 Å². The number of ether oxygens (including phenoxy) is 1. The monoisotopic (exact) mass is 508 g/mol. The van der Waals surface area contributed by atoms with Crippen molar-refractivity contribution in [2.45, 2.75) is 44.9 Å². The SMILES string of the molecule is Cc1ccc(-c2nc3cc(Cl)cc(Cl)c3o2)cc1NC(=O)COc1ccc(C2CCCCC2)cc1. The summed E-state index contributed by atoms with van der Waals surface area (Å²) < 4.78 is 11.6. The highest BCUT2D eigenvalue weighted by atomic mass is 35.5. The maximum atomic E-state index is 12.6. The van der Waals surface area contributed by atoms with Gasteiger partial charge < -0.3 is 14.5 Å². The Morgan fingerprint density at radius 2 is 1.83 bits per heavy atom. The minimum absolute atomic E-state index is 0.0799. The molecule has 0 aliphatic heterocycles. The number of oxazole rings is 1. The summed E-state index contributed by atoms with van der Waals surface area (Å²) >= 11 is 12.3. The van der Waals surface area contributed by atoms with Crippen molar-refractivity contribution in [2.75, 3.05) is 11.9 Å². The molecule has 180 valence electrons. The zero-order valence-electron chi connectivity index (χ0n) is 19.4. The highest BCUT2D eigenvalue weighted by Crippen LogP contribution is 2.34. The van der Waals surface area contributed by atoms with Gasteiger partial charge in [-0.25, -0.2) is 4.98 Å². The first-order valence-electron chi connectivity index (χ1n) is 11.9. The fraction of sp³-hybridized carbons (Fsp3) is 0.286. The summed E-state index contributed by atoms with van der Waals surface area (Å²) in [6.45, 7) is 1.84. The van der Waals surface area contributed by atoms with Gasteiger partial charge in [-0.3, -0.25) is 4.79 Å². The number of rotatable bonds is 6. The molecule has 1 aliphatic rings. The van der Waals surface area contributed by atoms with Crippen LogP contribution in [-0.4, -0.2) is 17.5 Å². The van der Waals surface area contributed by atoms with Crippen molar-refractivity contribution >= 4 is 45.9 Å². The van der Waals surface area contributed by atoms with Gasteiger partial charge in [-0.2, -0.15) is 0 Å². The summed E-state index contributed by atoms with van der Waals surface area (Å²) in [6.07, 6.45) is 6.46. The van der Waals surface area contributed by atoms with E-state index < -0.39 is 0 Å². The van der Waals surface area contributed by atoms with Crippen LogP contribution in [0.4, 0.5) is 5.69 Å². The van der Waals surface area contributed by atoms with Gasteiger partial charge in [-0.1, -0.05) is 60.7 Å². The van der Waals surface area contributed by atoms with Gasteiger partial charge in [0.1, 0.15) is 11.3 Å². The maximum absolute atomic E-state index is 12.6. The lowest BCUT2D eigenvalue weighted by atomic mass is 9.84. The molecule has 0 saturated heterocycles. The van der Waals surface area contributed by atoms with Crippen molar-refractivity contribution < 1.29 is 13.9 Å². The fourth-order valence-corrected chi connectivity index (χ4v) is 5.10. The number of hydrogen-bond donors (Lipinski definition) is 1. The number of amides is 1. The summed E-state index contributed by atoms with van der Waals surface area (Å²) in [5.74, 6) is 1.49. The van der Waals surface area contributed by atoms with E-state index in [4.69, 9.17) is 32.4 Å². The number of nitrogens with zero attached hydrogens (tertiary/aromatic N) is 1. The van der Waals surface area contributed by atoms with Crippen LogP contribution < -0.4 is 10.1 Å². The molecular formula is C28H26Cl2N2O3. The van der Waals surface area contributed by atoms with Gasteiger partial charge in [0.05, 0.1) is 5.02 Å². The standard InChI is InChI=1S/C28H26Cl2N2O3/c1-17-7-8-20(28-32-25-15-21(29)14-23(30)27(25)35-28)13-24(17)31-26(33)16-34-22-11-9-19(10-12-22)18-5-3-2-4-6-18/h7-15,18H,2-6,16H2,1H3,(H,31,33). The van der Waals surface area contributed by atoms with E-state index in [2.05, 4.69) is 22.4 Å². The van der Waals surface area contributed by atoms with Crippen molar-refractivity contribution in [3.63, 3.8) is 0 Å². The molecule has 3 aromatic carbocycles. The summed E-state index contributed by atoms with van der Waals surface area (Å²) in [5, 5.41) is 3.82. The average molecular weight is 509 g/mol. The van der Waals surface area contributed by atoms with Gasteiger partial charge in [0, 0.05) is 16.3 Å². The Bertz CT molecular complexity index is 1360. The Labute approximate surface area is 214 Å². The van der Waals surface area contributed by atoms with E-state index in [1.165, 1.54) is 37.7 Å². The lowest BCUT2D eigenvalue weighted by Crippen LogP contribution is -2.20. The molecule has 7 heteroatoms. The predicted molar refractivity (Wildman–Crippen MR) is 141 cm³/mol. The van der Waals surface area contributed by atoms with E-state index in [1.54, 1.807) is 12.1 Å². The molecular weight excluding hydrogens is 483 g/mol. The number of aromatic nitrogens is 1. The Morgan fingerprint density at radius 1 is 1.06 bits per heavy atom. The van der Waals surface area contributed by atoms with E-state index in [9.17, 15) is 4.79 Å². The van der Waals surface area contributed by atoms with Crippen molar-refractivity contribution in [2.24, 2.45) is 0 Å². The van der Waals surface area contributed by atoms with Crippen LogP contribution in [0.25, 0.3) is 22.6 Å². The molecule has 5 nitrogen and oxygen atoms in total. The minimum atomic E-state index is -0.242. The Balaban J connectivity index is 1.24. The Morgan fingerprint density at radius 3 is 2.60 bits per heavy atom. The van der Waals surface area contributed by atoms with Crippen LogP contribution in [0.3, 0.4) is 0 Å². The van der Waals surface area contributed by atoms with Crippen molar-refractivity contribution in [3.05, 3.63) is 75.8 Å². The molecule has 0 atom stereocenters. The maximum Gasteiger partial charge on any atom is 0.262 e. The van der Waals surface area contributed by atoms with Gasteiger partial charge in [0.25, 0.3) is 5.91 Å². The molecule has 0 radical (unpaired) electrons. The molecule has 1 aliphatic carbocycles. The molecule has 1 N–H and O–H groups in total. The molecule has 1 aromatic heterocycles. The lowest BCUT2D eigenvalue weighted by molar-refractivity contribution is -0.118. The Kier molecular flexibility index (Phi) is 6.98. The summed E-state index contributed by atoms with van der Waals surface area (Å²) in [4.78, 5) is 17.1. The van der Waals surface area contributed by atoms with Crippen LogP contribution in [0.2, 0.25) is 10.0 Å². The second kappa shape index (κ2) is 10.3. The first-order chi connectivity index (χ1) is 17.0. The second-order valence-corrected chi connectivity index (χ2v) is 9.87. The smallest absolute Gasteiger partial charge is 0.262 e. The topological polar surface area (TPSA) is 64.4 Å². The van der Waals surface area contributed by atoms with Crippen LogP contribution in [0.5, 0.6) is 5.75 Å². The van der Waals surface area contributed by atoms with Gasteiger partial charge >= 0.3 is 0 Å². The molecule has 1 amide bonds. The number of aryl methyl sites for hydroxylation is 1. The highest BCUT2D eigenvalue weighted by molar-refractivity contribution is 6.38. The third-order valence-electron chi connectivity index (χ3n) is 6.49. The second-order valence-electron chi connectivity index (χ2n) is 9.03. The van der Waals surface area contributed by atoms with E-state index in [0.29, 0.717) is 50.0 Å². The van der Waals surface area contributed by atoms with Crippen LogP contribution >= 0.6 is 23.2 Å². The Hall–Kier alpha value is -3.02. The van der Waals surface area contributed by atoms with Crippen molar-refractivity contribution in [3.8, 4) is 17.2 Å². The fourth-order valence-electron chi connectivity index (χ4n) is 4.58. The number of benzene rings is 3. The molecule has 1 heterocycles. The molecule has 0 unspecified atom stereocenters. The van der Waals surface area contributed by atoms with Crippen molar-refractivity contribution in [1.82, 2.24) is 4.98 Å². The van der Waals surface area contributed by atoms with Gasteiger partial charge in [-0.15, -0.1) is 0 Å². The third-order valence-corrected chi connectivity index (χ3v) is 6.99. The number of hydrogen-bond acceptors (Lipinski definition) is 4. The first-order valence-corrected chi connectivity index (χ1v) is 12.6. The minimum Gasteiger partial charge on any atom is -0.484 e. The number of fused-ring (bicyclic) bond motifs is 1. The van der Waals surface area contributed by atoms with E-state index >= 15 is 0 Å². The number of carbonyl (C=O) groups excluding carboxylic acids is 1. The zero-order chi connectivity index (χ0) is 24.4. The summed E-state index contributed by atoms with van der Waals surface area (Å²) in [7, 11) is 0. The normalized spacial score (nSPS) is 14.3. The van der Waals surface area contributed by atoms with Crippen LogP contribution in [0.1, 0.15) is 49.1 Å². The largest absolute Gasteiger partial charge is 0.484 e. The van der Waals surface area contributed by atoms with Crippen LogP contribution in [0.15, 0.2) is 59.0 Å². The lowest BCUT2D eigenvalue weighted by Gasteiger charge is -2.22. The molecule has 5 rings (SSSR count). The van der Waals surface area contributed by atoms with Gasteiger partial charge in [0.15, 0.2) is 12.2 Å². The van der Waals surface area contributed by atoms with E-state index in [1.807, 2.05) is 37.3 Å². The molecule has 0 bridgehead atoms. The summed E-state index contributed by atoms with van der Waals surface area (Å²) in [6, 6.07) is 17.1.